The van der Waals surface area contributed by atoms with E-state index in [4.69, 9.17) is 9.84 Å². The molecule has 1 heterocycles. The van der Waals surface area contributed by atoms with E-state index in [0.29, 0.717) is 0 Å². The topological polar surface area (TPSA) is 29.5 Å². The van der Waals surface area contributed by atoms with Crippen LogP contribution in [0.1, 0.15) is 4.88 Å². The van der Waals surface area contributed by atoms with Crippen LogP contribution in [-0.4, -0.2) is 12.2 Å². The van der Waals surface area contributed by atoms with Gasteiger partial charge in [0.15, 0.2) is 11.6 Å². The number of hydrogen-bond donors (Lipinski definition) is 1. The first-order valence-corrected chi connectivity index (χ1v) is 4.93. The molecule has 0 fully saturated rings. The summed E-state index contributed by atoms with van der Waals surface area (Å²) in [6.07, 6.45) is 0. The number of thiophene rings is 1. The average Bonchev–Trinajstić information content (AvgIpc) is 2.58. The minimum atomic E-state index is -0.369. The van der Waals surface area contributed by atoms with Crippen LogP contribution in [0.15, 0.2) is 18.2 Å². The van der Waals surface area contributed by atoms with Gasteiger partial charge in [-0.1, -0.05) is 0 Å². The van der Waals surface area contributed by atoms with Crippen molar-refractivity contribution in [1.82, 2.24) is 0 Å². The van der Waals surface area contributed by atoms with Crippen molar-refractivity contribution >= 4 is 21.4 Å². The van der Waals surface area contributed by atoms with Gasteiger partial charge in [-0.3, -0.25) is 0 Å². The SMILES string of the molecule is COc1cc2cc(CO)sc2cc1F. The van der Waals surface area contributed by atoms with Crippen LogP contribution >= 0.6 is 11.3 Å². The largest absolute Gasteiger partial charge is 0.494 e. The Bertz CT molecular complexity index is 464. The highest BCUT2D eigenvalue weighted by Crippen LogP contribution is 2.31. The Labute approximate surface area is 84.6 Å². The molecule has 14 heavy (non-hydrogen) atoms. The highest BCUT2D eigenvalue weighted by molar-refractivity contribution is 7.19. The summed E-state index contributed by atoms with van der Waals surface area (Å²) in [6, 6.07) is 4.90. The summed E-state index contributed by atoms with van der Waals surface area (Å²) < 4.78 is 18.9. The lowest BCUT2D eigenvalue weighted by atomic mass is 10.2. The van der Waals surface area contributed by atoms with E-state index in [1.807, 2.05) is 6.07 Å². The van der Waals surface area contributed by atoms with Gasteiger partial charge in [0.2, 0.25) is 0 Å². The maximum atomic E-state index is 13.3. The lowest BCUT2D eigenvalue weighted by Crippen LogP contribution is -1.86. The molecule has 1 aromatic carbocycles. The molecule has 0 spiro atoms. The standard InChI is InChI=1S/C10H9FO2S/c1-13-9-3-6-2-7(5-12)14-10(6)4-8(9)11/h2-4,12H,5H2,1H3. The summed E-state index contributed by atoms with van der Waals surface area (Å²) in [6.45, 7) is -0.0106. The number of benzene rings is 1. The Hall–Kier alpha value is -1.13. The van der Waals surface area contributed by atoms with E-state index in [0.717, 1.165) is 15.0 Å². The minimum absolute atomic E-state index is 0.0106. The predicted molar refractivity (Wildman–Crippen MR) is 54.3 cm³/mol. The molecule has 0 unspecified atom stereocenters. The fraction of sp³-hybridized carbons (Fsp3) is 0.200. The van der Waals surface area contributed by atoms with Gasteiger partial charge >= 0.3 is 0 Å². The van der Waals surface area contributed by atoms with Crippen molar-refractivity contribution in [3.8, 4) is 5.75 Å². The molecule has 74 valence electrons. The number of halogens is 1. The minimum Gasteiger partial charge on any atom is -0.494 e. The van der Waals surface area contributed by atoms with Crippen molar-refractivity contribution in [2.45, 2.75) is 6.61 Å². The fourth-order valence-corrected chi connectivity index (χ4v) is 2.26. The molecule has 0 saturated carbocycles. The summed E-state index contributed by atoms with van der Waals surface area (Å²) in [5.74, 6) is -0.133. The molecular weight excluding hydrogens is 203 g/mol. The van der Waals surface area contributed by atoms with Crippen molar-refractivity contribution in [3.05, 3.63) is 28.9 Å². The molecule has 0 saturated heterocycles. The molecule has 0 aliphatic carbocycles. The van der Waals surface area contributed by atoms with Gasteiger partial charge in [0.05, 0.1) is 13.7 Å². The van der Waals surface area contributed by atoms with Crippen LogP contribution in [0, 0.1) is 5.82 Å². The third kappa shape index (κ3) is 1.47. The number of rotatable bonds is 2. The van der Waals surface area contributed by atoms with Gasteiger partial charge in [-0.25, -0.2) is 4.39 Å². The maximum absolute atomic E-state index is 13.3. The first-order chi connectivity index (χ1) is 6.74. The molecule has 0 bridgehead atoms. The van der Waals surface area contributed by atoms with Crippen molar-refractivity contribution < 1.29 is 14.2 Å². The Morgan fingerprint density at radius 3 is 2.86 bits per heavy atom. The van der Waals surface area contributed by atoms with E-state index in [1.54, 1.807) is 6.07 Å². The van der Waals surface area contributed by atoms with Gasteiger partial charge in [0, 0.05) is 9.58 Å². The molecule has 4 heteroatoms. The van der Waals surface area contributed by atoms with E-state index in [9.17, 15) is 4.39 Å². The molecule has 2 aromatic rings. The molecule has 0 atom stereocenters. The second-order valence-corrected chi connectivity index (χ2v) is 4.06. The van der Waals surface area contributed by atoms with Crippen molar-refractivity contribution in [1.29, 1.82) is 0 Å². The van der Waals surface area contributed by atoms with E-state index < -0.39 is 0 Å². The average molecular weight is 212 g/mol. The van der Waals surface area contributed by atoms with E-state index >= 15 is 0 Å². The van der Waals surface area contributed by atoms with E-state index in [2.05, 4.69) is 0 Å². The molecule has 0 radical (unpaired) electrons. The Balaban J connectivity index is 2.64. The zero-order valence-electron chi connectivity index (χ0n) is 7.58. The van der Waals surface area contributed by atoms with Crippen LogP contribution in [0.3, 0.4) is 0 Å². The van der Waals surface area contributed by atoms with Crippen molar-refractivity contribution in [2.24, 2.45) is 0 Å². The van der Waals surface area contributed by atoms with Crippen LogP contribution in [0.2, 0.25) is 0 Å². The summed E-state index contributed by atoms with van der Waals surface area (Å²) in [5.41, 5.74) is 0. The number of hydrogen-bond acceptors (Lipinski definition) is 3. The molecule has 0 amide bonds. The van der Waals surface area contributed by atoms with Gasteiger partial charge in [0.1, 0.15) is 0 Å². The molecule has 1 N–H and O–H groups in total. The van der Waals surface area contributed by atoms with Gasteiger partial charge in [0.25, 0.3) is 0 Å². The summed E-state index contributed by atoms with van der Waals surface area (Å²) in [5, 5.41) is 9.82. The first kappa shape index (κ1) is 9.43. The first-order valence-electron chi connectivity index (χ1n) is 4.11. The maximum Gasteiger partial charge on any atom is 0.166 e. The Morgan fingerprint density at radius 1 is 1.43 bits per heavy atom. The van der Waals surface area contributed by atoms with Gasteiger partial charge in [-0.15, -0.1) is 11.3 Å². The molecule has 0 aliphatic rings. The highest BCUT2D eigenvalue weighted by Gasteiger charge is 2.07. The smallest absolute Gasteiger partial charge is 0.166 e. The zero-order chi connectivity index (χ0) is 10.1. The second kappa shape index (κ2) is 3.55. The van der Waals surface area contributed by atoms with Crippen LogP contribution in [-0.2, 0) is 6.61 Å². The molecule has 2 nitrogen and oxygen atoms in total. The lowest BCUT2D eigenvalue weighted by Gasteiger charge is -2.00. The van der Waals surface area contributed by atoms with Crippen LogP contribution < -0.4 is 4.74 Å². The fourth-order valence-electron chi connectivity index (χ4n) is 1.33. The number of fused-ring (bicyclic) bond motifs is 1. The molecule has 1 aromatic heterocycles. The summed E-state index contributed by atoms with van der Waals surface area (Å²) in [4.78, 5) is 0.827. The lowest BCUT2D eigenvalue weighted by molar-refractivity contribution is 0.285. The van der Waals surface area contributed by atoms with Crippen LogP contribution in [0.25, 0.3) is 10.1 Å². The number of ether oxygens (including phenoxy) is 1. The summed E-state index contributed by atoms with van der Waals surface area (Å²) in [7, 11) is 1.43. The number of aliphatic hydroxyl groups excluding tert-OH is 1. The summed E-state index contributed by atoms with van der Waals surface area (Å²) >= 11 is 1.39. The predicted octanol–water partition coefficient (Wildman–Crippen LogP) is 2.54. The van der Waals surface area contributed by atoms with E-state index in [-0.39, 0.29) is 18.2 Å². The van der Waals surface area contributed by atoms with Gasteiger partial charge in [-0.05, 0) is 23.6 Å². The third-order valence-corrected chi connectivity index (χ3v) is 3.08. The Kier molecular flexibility index (Phi) is 2.39. The van der Waals surface area contributed by atoms with Gasteiger partial charge in [-0.2, -0.15) is 0 Å². The van der Waals surface area contributed by atoms with Gasteiger partial charge < -0.3 is 9.84 Å². The van der Waals surface area contributed by atoms with Crippen LogP contribution in [0.4, 0.5) is 4.39 Å². The molecular formula is C10H9FO2S. The Morgan fingerprint density at radius 2 is 2.21 bits per heavy atom. The number of methoxy groups -OCH3 is 1. The second-order valence-electron chi connectivity index (χ2n) is 2.90. The van der Waals surface area contributed by atoms with Crippen molar-refractivity contribution in [2.75, 3.05) is 7.11 Å². The third-order valence-electron chi connectivity index (χ3n) is 2.00. The molecule has 0 aliphatic heterocycles. The quantitative estimate of drug-likeness (QED) is 0.829. The molecule has 2 rings (SSSR count). The monoisotopic (exact) mass is 212 g/mol. The van der Waals surface area contributed by atoms with E-state index in [1.165, 1.54) is 24.5 Å². The number of aliphatic hydroxyl groups is 1. The highest BCUT2D eigenvalue weighted by atomic mass is 32.1. The van der Waals surface area contributed by atoms with Crippen LogP contribution in [0.5, 0.6) is 5.75 Å². The normalized spacial score (nSPS) is 10.8. The zero-order valence-corrected chi connectivity index (χ0v) is 8.40. The van der Waals surface area contributed by atoms with Crippen molar-refractivity contribution in [3.63, 3.8) is 0 Å².